The van der Waals surface area contributed by atoms with E-state index in [2.05, 4.69) is 4.98 Å². The molecule has 0 unspecified atom stereocenters. The molecule has 3 aromatic rings. The van der Waals surface area contributed by atoms with Gasteiger partial charge in [0.25, 0.3) is 0 Å². The summed E-state index contributed by atoms with van der Waals surface area (Å²) in [6.45, 7) is 0. The second kappa shape index (κ2) is 6.41. The fourth-order valence-corrected chi connectivity index (χ4v) is 2.73. The van der Waals surface area contributed by atoms with Crippen LogP contribution >= 0.6 is 11.6 Å². The fraction of sp³-hybridized carbons (Fsp3) is 0.176. The summed E-state index contributed by atoms with van der Waals surface area (Å²) >= 11 is 6.01. The zero-order valence-corrected chi connectivity index (χ0v) is 13.8. The Labute approximate surface area is 142 Å². The molecule has 6 nitrogen and oxygen atoms in total. The van der Waals surface area contributed by atoms with E-state index in [1.807, 2.05) is 0 Å². The Morgan fingerprint density at radius 3 is 2.75 bits per heavy atom. The number of H-pyrrole nitrogens is 1. The predicted molar refractivity (Wildman–Crippen MR) is 87.7 cm³/mol. The van der Waals surface area contributed by atoms with Crippen molar-refractivity contribution in [3.8, 4) is 5.75 Å². The van der Waals surface area contributed by atoms with Gasteiger partial charge in [0, 0.05) is 27.6 Å². The molecule has 1 aromatic carbocycles. The molecule has 0 aliphatic rings. The van der Waals surface area contributed by atoms with Crippen LogP contribution in [0.15, 0.2) is 34.9 Å². The number of nitrogens with one attached hydrogen (secondary N) is 1. The van der Waals surface area contributed by atoms with Gasteiger partial charge in [0.15, 0.2) is 5.75 Å². The van der Waals surface area contributed by atoms with Crippen molar-refractivity contribution in [1.82, 2.24) is 4.98 Å². The van der Waals surface area contributed by atoms with Crippen molar-refractivity contribution in [3.63, 3.8) is 0 Å². The third-order valence-electron chi connectivity index (χ3n) is 3.70. The normalized spacial score (nSPS) is 10.8. The monoisotopic (exact) mass is 347 g/mol. The van der Waals surface area contributed by atoms with Crippen LogP contribution in [0.3, 0.4) is 0 Å². The molecule has 24 heavy (non-hydrogen) atoms. The van der Waals surface area contributed by atoms with Crippen molar-refractivity contribution in [2.24, 2.45) is 0 Å². The van der Waals surface area contributed by atoms with E-state index in [9.17, 15) is 9.59 Å². The van der Waals surface area contributed by atoms with Crippen LogP contribution in [-0.4, -0.2) is 31.0 Å². The summed E-state index contributed by atoms with van der Waals surface area (Å²) in [5, 5.41) is 1.24. The van der Waals surface area contributed by atoms with Gasteiger partial charge >= 0.3 is 5.97 Å². The number of methoxy groups -OCH3 is 2. The van der Waals surface area contributed by atoms with Gasteiger partial charge in [-0.15, -0.1) is 0 Å². The summed E-state index contributed by atoms with van der Waals surface area (Å²) < 4.78 is 15.1. The number of benzene rings is 1. The van der Waals surface area contributed by atoms with Gasteiger partial charge in [-0.25, -0.2) is 0 Å². The lowest BCUT2D eigenvalue weighted by molar-refractivity contribution is -0.139. The molecule has 0 aliphatic carbocycles. The molecule has 0 aliphatic heterocycles. The second-order valence-corrected chi connectivity index (χ2v) is 5.51. The van der Waals surface area contributed by atoms with E-state index in [0.717, 1.165) is 5.39 Å². The summed E-state index contributed by atoms with van der Waals surface area (Å²) in [4.78, 5) is 27.6. The summed E-state index contributed by atoms with van der Waals surface area (Å²) in [5.41, 5.74) is 1.41. The summed E-state index contributed by atoms with van der Waals surface area (Å²) in [6, 6.07) is 6.68. The highest BCUT2D eigenvalue weighted by Crippen LogP contribution is 2.30. The maximum Gasteiger partial charge on any atom is 0.310 e. The molecule has 0 bridgehead atoms. The lowest BCUT2D eigenvalue weighted by Gasteiger charge is -2.03. The highest BCUT2D eigenvalue weighted by atomic mass is 35.5. The van der Waals surface area contributed by atoms with E-state index in [1.54, 1.807) is 24.3 Å². The Hall–Kier alpha value is -2.73. The number of aromatic nitrogens is 1. The van der Waals surface area contributed by atoms with Crippen LogP contribution in [0.2, 0.25) is 5.02 Å². The maximum atomic E-state index is 12.8. The van der Waals surface area contributed by atoms with Gasteiger partial charge in [0.05, 0.1) is 32.6 Å². The summed E-state index contributed by atoms with van der Waals surface area (Å²) in [5.74, 6) is -0.489. The number of carbonyl (C=O) groups is 2. The van der Waals surface area contributed by atoms with Crippen LogP contribution in [0.5, 0.6) is 5.75 Å². The van der Waals surface area contributed by atoms with Gasteiger partial charge in [0.1, 0.15) is 0 Å². The van der Waals surface area contributed by atoms with E-state index < -0.39 is 11.8 Å². The molecule has 0 radical (unpaired) electrons. The molecule has 7 heteroatoms. The standard InChI is InChI=1S/C17H14ClNO5/c1-22-13-5-6-24-17(13)16(21)15-11(8-14(20)23-2)10-4-3-9(18)7-12(10)19-15/h3-7,19H,8H2,1-2H3. The SMILES string of the molecule is COC(=O)Cc1c(C(=O)c2occc2OC)[nH]c2cc(Cl)ccc12. The minimum Gasteiger partial charge on any atom is -0.493 e. The van der Waals surface area contributed by atoms with Crippen LogP contribution in [0.1, 0.15) is 21.8 Å². The van der Waals surface area contributed by atoms with Gasteiger partial charge in [0.2, 0.25) is 11.5 Å². The van der Waals surface area contributed by atoms with Crippen molar-refractivity contribution < 1.29 is 23.5 Å². The maximum absolute atomic E-state index is 12.8. The van der Waals surface area contributed by atoms with Crippen molar-refractivity contribution in [3.05, 3.63) is 52.6 Å². The largest absolute Gasteiger partial charge is 0.493 e. The van der Waals surface area contributed by atoms with Gasteiger partial charge in [-0.05, 0) is 12.1 Å². The molecule has 0 atom stereocenters. The Morgan fingerprint density at radius 2 is 2.04 bits per heavy atom. The molecule has 0 saturated heterocycles. The Balaban J connectivity index is 2.17. The van der Waals surface area contributed by atoms with E-state index in [-0.39, 0.29) is 17.9 Å². The molecule has 3 rings (SSSR count). The second-order valence-electron chi connectivity index (χ2n) is 5.07. The molecule has 2 aromatic heterocycles. The number of rotatable bonds is 5. The van der Waals surface area contributed by atoms with Gasteiger partial charge in [-0.1, -0.05) is 17.7 Å². The Bertz CT molecular complexity index is 924. The third-order valence-corrected chi connectivity index (χ3v) is 3.93. The first-order valence-electron chi connectivity index (χ1n) is 7.08. The zero-order valence-electron chi connectivity index (χ0n) is 13.0. The van der Waals surface area contributed by atoms with Gasteiger partial charge in [-0.3, -0.25) is 9.59 Å². The highest BCUT2D eigenvalue weighted by molar-refractivity contribution is 6.31. The topological polar surface area (TPSA) is 81.5 Å². The first kappa shape index (κ1) is 16.1. The van der Waals surface area contributed by atoms with E-state index in [1.165, 1.54) is 20.5 Å². The van der Waals surface area contributed by atoms with Crippen LogP contribution in [0.25, 0.3) is 10.9 Å². The van der Waals surface area contributed by atoms with Crippen LogP contribution in [0, 0.1) is 0 Å². The third kappa shape index (κ3) is 2.76. The van der Waals surface area contributed by atoms with E-state index in [0.29, 0.717) is 21.9 Å². The Kier molecular flexibility index (Phi) is 4.31. The van der Waals surface area contributed by atoms with E-state index >= 15 is 0 Å². The van der Waals surface area contributed by atoms with Crippen molar-refractivity contribution >= 4 is 34.3 Å². The fourth-order valence-electron chi connectivity index (χ4n) is 2.56. The number of esters is 1. The average molecular weight is 348 g/mol. The lowest BCUT2D eigenvalue weighted by atomic mass is 10.0. The number of furan rings is 1. The first-order chi connectivity index (χ1) is 11.5. The lowest BCUT2D eigenvalue weighted by Crippen LogP contribution is -2.10. The van der Waals surface area contributed by atoms with Gasteiger partial charge < -0.3 is 18.9 Å². The minimum atomic E-state index is -0.452. The van der Waals surface area contributed by atoms with Crippen LogP contribution in [0.4, 0.5) is 0 Å². The van der Waals surface area contributed by atoms with E-state index in [4.69, 9.17) is 25.5 Å². The molecule has 0 amide bonds. The zero-order chi connectivity index (χ0) is 17.3. The Morgan fingerprint density at radius 1 is 1.25 bits per heavy atom. The minimum absolute atomic E-state index is 0.0533. The van der Waals surface area contributed by atoms with Crippen LogP contribution in [-0.2, 0) is 16.0 Å². The van der Waals surface area contributed by atoms with Gasteiger partial charge in [-0.2, -0.15) is 0 Å². The number of fused-ring (bicyclic) bond motifs is 1. The summed E-state index contributed by atoms with van der Waals surface area (Å²) in [6.07, 6.45) is 1.31. The number of halogens is 1. The molecule has 124 valence electrons. The molecular formula is C17H14ClNO5. The smallest absolute Gasteiger partial charge is 0.310 e. The molecule has 2 heterocycles. The quantitative estimate of drug-likeness (QED) is 0.565. The molecule has 0 spiro atoms. The molecular weight excluding hydrogens is 334 g/mol. The van der Waals surface area contributed by atoms with Crippen molar-refractivity contribution in [1.29, 1.82) is 0 Å². The predicted octanol–water partition coefficient (Wildman–Crippen LogP) is 3.37. The number of ether oxygens (including phenoxy) is 2. The number of carbonyl (C=O) groups excluding carboxylic acids is 2. The molecule has 0 fully saturated rings. The number of ketones is 1. The number of aromatic amines is 1. The summed E-state index contributed by atoms with van der Waals surface area (Å²) in [7, 11) is 2.74. The average Bonchev–Trinajstić information content (AvgIpc) is 3.18. The first-order valence-corrected chi connectivity index (χ1v) is 7.46. The van der Waals surface area contributed by atoms with Crippen LogP contribution < -0.4 is 4.74 Å². The highest BCUT2D eigenvalue weighted by Gasteiger charge is 2.25. The molecule has 1 N–H and O–H groups in total. The van der Waals surface area contributed by atoms with Crippen molar-refractivity contribution in [2.75, 3.05) is 14.2 Å². The number of hydrogen-bond donors (Lipinski definition) is 1. The van der Waals surface area contributed by atoms with Crippen molar-refractivity contribution in [2.45, 2.75) is 6.42 Å². The molecule has 0 saturated carbocycles. The number of hydrogen-bond acceptors (Lipinski definition) is 5.